The maximum Gasteiger partial charge on any atom is 0.268 e. The summed E-state index contributed by atoms with van der Waals surface area (Å²) in [5, 5.41) is 2.80. The number of rotatable bonds is 3. The van der Waals surface area contributed by atoms with Gasteiger partial charge < -0.3 is 15.2 Å². The number of carbonyl (C=O) groups excluding carboxylic acids is 2. The smallest absolute Gasteiger partial charge is 0.268 e. The van der Waals surface area contributed by atoms with Gasteiger partial charge in [-0.25, -0.2) is 0 Å². The van der Waals surface area contributed by atoms with Crippen molar-refractivity contribution in [3.8, 4) is 0 Å². The first-order chi connectivity index (χ1) is 10.2. The zero-order chi connectivity index (χ0) is 14.8. The molecule has 2 N–H and O–H groups in total. The first-order valence-electron chi connectivity index (χ1n) is 6.99. The maximum atomic E-state index is 12.5. The van der Waals surface area contributed by atoms with E-state index in [1.165, 1.54) is 0 Å². The van der Waals surface area contributed by atoms with Crippen LogP contribution in [0.4, 0.5) is 5.69 Å². The van der Waals surface area contributed by atoms with Crippen LogP contribution in [-0.4, -0.2) is 28.9 Å². The summed E-state index contributed by atoms with van der Waals surface area (Å²) in [4.78, 5) is 29.2. The summed E-state index contributed by atoms with van der Waals surface area (Å²) in [5.41, 5.74) is 1.33. The Balaban J connectivity index is 1.75. The van der Waals surface area contributed by atoms with Crippen molar-refractivity contribution in [1.82, 2.24) is 10.3 Å². The van der Waals surface area contributed by atoms with Crippen LogP contribution in [0.1, 0.15) is 23.8 Å². The van der Waals surface area contributed by atoms with Gasteiger partial charge in [-0.1, -0.05) is 18.2 Å². The molecule has 1 saturated heterocycles. The van der Waals surface area contributed by atoms with Crippen LogP contribution in [0.3, 0.4) is 0 Å². The lowest BCUT2D eigenvalue weighted by atomic mass is 10.2. The van der Waals surface area contributed by atoms with Crippen LogP contribution in [0.2, 0.25) is 0 Å². The molecule has 1 aromatic carbocycles. The average Bonchev–Trinajstić information content (AvgIpc) is 3.09. The van der Waals surface area contributed by atoms with Crippen LogP contribution in [0, 0.1) is 0 Å². The highest BCUT2D eigenvalue weighted by atomic mass is 16.2. The first kappa shape index (κ1) is 13.4. The average molecular weight is 283 g/mol. The summed E-state index contributed by atoms with van der Waals surface area (Å²) in [6.07, 6.45) is 2.30. The number of benzene rings is 1. The summed E-state index contributed by atoms with van der Waals surface area (Å²) < 4.78 is 0. The zero-order valence-electron chi connectivity index (χ0n) is 11.7. The van der Waals surface area contributed by atoms with Crippen molar-refractivity contribution >= 4 is 17.5 Å². The summed E-state index contributed by atoms with van der Waals surface area (Å²) in [6, 6.07) is 12.6. The van der Waals surface area contributed by atoms with Gasteiger partial charge in [0.25, 0.3) is 5.91 Å². The predicted molar refractivity (Wildman–Crippen MR) is 80.1 cm³/mol. The van der Waals surface area contributed by atoms with Crippen LogP contribution in [0.5, 0.6) is 0 Å². The van der Waals surface area contributed by atoms with E-state index in [0.29, 0.717) is 12.1 Å². The predicted octanol–water partition coefficient (Wildman–Crippen LogP) is 1.94. The molecular formula is C16H17N3O2. The SMILES string of the molecule is C[C@H]1C[C@H](NC(=O)c2ccc[nH]2)C(=O)N1c1ccccc1. The quantitative estimate of drug-likeness (QED) is 0.904. The van der Waals surface area contributed by atoms with Crippen LogP contribution < -0.4 is 10.2 Å². The number of aromatic nitrogens is 1. The summed E-state index contributed by atoms with van der Waals surface area (Å²) in [6.45, 7) is 1.99. The lowest BCUT2D eigenvalue weighted by Gasteiger charge is -2.21. The van der Waals surface area contributed by atoms with E-state index in [0.717, 1.165) is 5.69 Å². The fourth-order valence-corrected chi connectivity index (χ4v) is 2.73. The van der Waals surface area contributed by atoms with E-state index in [9.17, 15) is 9.59 Å². The van der Waals surface area contributed by atoms with Crippen molar-refractivity contribution in [2.24, 2.45) is 0 Å². The minimum atomic E-state index is -0.476. The number of hydrogen-bond donors (Lipinski definition) is 2. The van der Waals surface area contributed by atoms with Crippen LogP contribution in [-0.2, 0) is 4.79 Å². The molecule has 3 rings (SSSR count). The van der Waals surface area contributed by atoms with Crippen molar-refractivity contribution in [2.75, 3.05) is 4.90 Å². The van der Waals surface area contributed by atoms with Gasteiger partial charge in [0.05, 0.1) is 0 Å². The standard InChI is InChI=1S/C16H17N3O2/c1-11-10-14(18-15(20)13-8-5-9-17-13)16(21)19(11)12-6-3-2-4-7-12/h2-9,11,14,17H,10H2,1H3,(H,18,20)/t11-,14-/m0/s1. The fraction of sp³-hybridized carbons (Fsp3) is 0.250. The lowest BCUT2D eigenvalue weighted by molar-refractivity contribution is -0.118. The molecule has 1 fully saturated rings. The zero-order valence-corrected chi connectivity index (χ0v) is 11.7. The van der Waals surface area contributed by atoms with Gasteiger partial charge in [-0.15, -0.1) is 0 Å². The molecule has 0 bridgehead atoms. The second-order valence-corrected chi connectivity index (χ2v) is 5.24. The third kappa shape index (κ3) is 2.54. The number of amides is 2. The third-order valence-electron chi connectivity index (χ3n) is 3.74. The van der Waals surface area contributed by atoms with Crippen LogP contribution in [0.15, 0.2) is 48.7 Å². The lowest BCUT2D eigenvalue weighted by Crippen LogP contribution is -2.42. The molecule has 2 heterocycles. The molecule has 2 aromatic rings. The minimum Gasteiger partial charge on any atom is -0.357 e. The number of anilines is 1. The molecule has 2 amide bonds. The molecule has 0 radical (unpaired) electrons. The van der Waals surface area contributed by atoms with Crippen molar-refractivity contribution < 1.29 is 9.59 Å². The van der Waals surface area contributed by atoms with Gasteiger partial charge in [0.1, 0.15) is 11.7 Å². The van der Waals surface area contributed by atoms with E-state index in [1.807, 2.05) is 37.3 Å². The molecule has 0 saturated carbocycles. The normalized spacial score (nSPS) is 21.6. The maximum absolute atomic E-state index is 12.5. The number of hydrogen-bond acceptors (Lipinski definition) is 2. The van der Waals surface area contributed by atoms with Gasteiger partial charge >= 0.3 is 0 Å². The first-order valence-corrected chi connectivity index (χ1v) is 6.99. The van der Waals surface area contributed by atoms with Crippen molar-refractivity contribution in [2.45, 2.75) is 25.4 Å². The molecule has 1 aliphatic rings. The third-order valence-corrected chi connectivity index (χ3v) is 3.74. The Morgan fingerprint density at radius 3 is 2.67 bits per heavy atom. The van der Waals surface area contributed by atoms with Gasteiger partial charge in [0, 0.05) is 17.9 Å². The molecule has 108 valence electrons. The Morgan fingerprint density at radius 2 is 2.00 bits per heavy atom. The molecule has 1 aliphatic heterocycles. The van der Waals surface area contributed by atoms with Gasteiger partial charge in [0.2, 0.25) is 5.91 Å². The van der Waals surface area contributed by atoms with Crippen molar-refractivity contribution in [3.05, 3.63) is 54.4 Å². The molecule has 1 aromatic heterocycles. The van der Waals surface area contributed by atoms with Gasteiger partial charge in [-0.05, 0) is 37.6 Å². The molecular weight excluding hydrogens is 266 g/mol. The van der Waals surface area contributed by atoms with E-state index in [2.05, 4.69) is 10.3 Å². The monoisotopic (exact) mass is 283 g/mol. The highest BCUT2D eigenvalue weighted by molar-refractivity contribution is 6.03. The molecule has 21 heavy (non-hydrogen) atoms. The molecule has 5 heteroatoms. The minimum absolute atomic E-state index is 0.0615. The molecule has 0 unspecified atom stereocenters. The van der Waals surface area contributed by atoms with Gasteiger partial charge in [0.15, 0.2) is 0 Å². The number of nitrogens with zero attached hydrogens (tertiary/aromatic N) is 1. The summed E-state index contributed by atoms with van der Waals surface area (Å²) in [5.74, 6) is -0.311. The fourth-order valence-electron chi connectivity index (χ4n) is 2.73. The van der Waals surface area contributed by atoms with Gasteiger partial charge in [-0.2, -0.15) is 0 Å². The van der Waals surface area contributed by atoms with Crippen LogP contribution in [0.25, 0.3) is 0 Å². The Labute approximate surface area is 123 Å². The Kier molecular flexibility index (Phi) is 3.48. The van der Waals surface area contributed by atoms with Crippen molar-refractivity contribution in [1.29, 1.82) is 0 Å². The topological polar surface area (TPSA) is 65.2 Å². The number of para-hydroxylation sites is 1. The number of aromatic amines is 1. The second-order valence-electron chi connectivity index (χ2n) is 5.24. The summed E-state index contributed by atoms with van der Waals surface area (Å²) in [7, 11) is 0. The molecule has 5 nitrogen and oxygen atoms in total. The van der Waals surface area contributed by atoms with E-state index in [-0.39, 0.29) is 17.9 Å². The Bertz CT molecular complexity index is 637. The Morgan fingerprint density at radius 1 is 1.24 bits per heavy atom. The van der Waals surface area contributed by atoms with Crippen LogP contribution >= 0.6 is 0 Å². The molecule has 0 aliphatic carbocycles. The van der Waals surface area contributed by atoms with E-state index < -0.39 is 6.04 Å². The van der Waals surface area contributed by atoms with E-state index >= 15 is 0 Å². The van der Waals surface area contributed by atoms with E-state index in [1.54, 1.807) is 23.2 Å². The molecule has 2 atom stereocenters. The Hall–Kier alpha value is -2.56. The number of nitrogens with one attached hydrogen (secondary N) is 2. The van der Waals surface area contributed by atoms with Gasteiger partial charge in [-0.3, -0.25) is 9.59 Å². The largest absolute Gasteiger partial charge is 0.357 e. The van der Waals surface area contributed by atoms with E-state index in [4.69, 9.17) is 0 Å². The summed E-state index contributed by atoms with van der Waals surface area (Å²) >= 11 is 0. The number of carbonyl (C=O) groups is 2. The highest BCUT2D eigenvalue weighted by Crippen LogP contribution is 2.26. The van der Waals surface area contributed by atoms with Crippen molar-refractivity contribution in [3.63, 3.8) is 0 Å². The molecule has 0 spiro atoms. The second kappa shape index (κ2) is 5.44. The number of H-pyrrole nitrogens is 1. The highest BCUT2D eigenvalue weighted by Gasteiger charge is 2.38.